The zero-order valence-electron chi connectivity index (χ0n) is 26.5. The molecule has 3 unspecified atom stereocenters. The van der Waals surface area contributed by atoms with Gasteiger partial charge in [-0.2, -0.15) is 0 Å². The Hall–Kier alpha value is -1.78. The Morgan fingerprint density at radius 3 is 1.86 bits per heavy atom. The molecule has 0 heterocycles. The average Bonchev–Trinajstić information content (AvgIpc) is 2.97. The summed E-state index contributed by atoms with van der Waals surface area (Å²) in [6, 6.07) is -1.54. The first-order valence-electron chi connectivity index (χ1n) is 16.2. The van der Waals surface area contributed by atoms with Crippen LogP contribution < -0.4 is 5.32 Å². The van der Waals surface area contributed by atoms with E-state index in [1.54, 1.807) is 0 Å². The second kappa shape index (κ2) is 27.7. The number of unbranched alkanes of at least 4 members (excludes halogenated alkanes) is 14. The third-order valence-electron chi connectivity index (χ3n) is 6.79. The summed E-state index contributed by atoms with van der Waals surface area (Å²) in [6.45, 7) is 2.44. The first-order valence-corrected chi connectivity index (χ1v) is 17.7. The monoisotopic (exact) mass is 635 g/mol. The lowest BCUT2D eigenvalue weighted by atomic mass is 10.1. The largest absolute Gasteiger partial charge is 0.480 e. The number of aliphatic hydroxyl groups is 1. The van der Waals surface area contributed by atoms with Crippen LogP contribution in [0.3, 0.4) is 0 Å². The van der Waals surface area contributed by atoms with Gasteiger partial charge in [0.05, 0.1) is 13.2 Å². The molecule has 0 fully saturated rings. The third-order valence-corrected chi connectivity index (χ3v) is 7.74. The highest BCUT2D eigenvalue weighted by Gasteiger charge is 2.28. The lowest BCUT2D eigenvalue weighted by Gasteiger charge is -2.18. The van der Waals surface area contributed by atoms with Gasteiger partial charge in [0.1, 0.15) is 12.7 Å². The highest BCUT2D eigenvalue weighted by molar-refractivity contribution is 7.47. The van der Waals surface area contributed by atoms with Gasteiger partial charge in [0, 0.05) is 12.8 Å². The lowest BCUT2D eigenvalue weighted by Crippen LogP contribution is -2.43. The highest BCUT2D eigenvalue weighted by atomic mass is 31.2. The van der Waals surface area contributed by atoms with E-state index < -0.39 is 57.6 Å². The summed E-state index contributed by atoms with van der Waals surface area (Å²) in [6.07, 6.45) is 21.3. The number of aliphatic carboxylic acids is 1. The number of allylic oxidation sites excluding steroid dienone is 2. The van der Waals surface area contributed by atoms with Crippen molar-refractivity contribution in [1.82, 2.24) is 5.32 Å². The second-order valence-corrected chi connectivity index (χ2v) is 12.5. The Kier molecular flexibility index (Phi) is 26.6. The molecule has 0 aliphatic carbocycles. The number of hydrogen-bond acceptors (Lipinski definition) is 8. The van der Waals surface area contributed by atoms with Gasteiger partial charge in [-0.15, -0.1) is 0 Å². The van der Waals surface area contributed by atoms with E-state index in [2.05, 4.69) is 31.3 Å². The molecule has 12 heteroatoms. The number of phosphoric ester groups is 1. The van der Waals surface area contributed by atoms with Crippen molar-refractivity contribution >= 4 is 25.7 Å². The summed E-state index contributed by atoms with van der Waals surface area (Å²) in [5.74, 6) is -2.39. The summed E-state index contributed by atoms with van der Waals surface area (Å²) in [4.78, 5) is 45.3. The minimum Gasteiger partial charge on any atom is -0.480 e. The van der Waals surface area contributed by atoms with Crippen LogP contribution in [0.2, 0.25) is 0 Å². The Bertz CT molecular complexity index is 807. The van der Waals surface area contributed by atoms with E-state index >= 15 is 0 Å². The Balaban J connectivity index is 4.05. The first-order chi connectivity index (χ1) is 20.6. The molecule has 43 heavy (non-hydrogen) atoms. The summed E-state index contributed by atoms with van der Waals surface area (Å²) < 4.78 is 26.5. The molecule has 0 saturated heterocycles. The van der Waals surface area contributed by atoms with Crippen LogP contribution in [-0.4, -0.2) is 64.9 Å². The predicted octanol–water partition coefficient (Wildman–Crippen LogP) is 6.60. The van der Waals surface area contributed by atoms with Gasteiger partial charge in [-0.25, -0.2) is 9.36 Å². The van der Waals surface area contributed by atoms with E-state index in [-0.39, 0.29) is 12.8 Å². The van der Waals surface area contributed by atoms with Crippen LogP contribution in [0, 0.1) is 0 Å². The fourth-order valence-corrected chi connectivity index (χ4v) is 4.97. The van der Waals surface area contributed by atoms with E-state index in [0.29, 0.717) is 12.8 Å². The van der Waals surface area contributed by atoms with Crippen molar-refractivity contribution in [2.45, 2.75) is 148 Å². The quantitative estimate of drug-likeness (QED) is 0.0292. The van der Waals surface area contributed by atoms with Crippen molar-refractivity contribution in [3.05, 3.63) is 12.2 Å². The lowest BCUT2D eigenvalue weighted by molar-refractivity contribution is -0.147. The molecular formula is C31H58NO10P. The number of phosphoric acid groups is 1. The van der Waals surface area contributed by atoms with Crippen molar-refractivity contribution in [1.29, 1.82) is 0 Å². The molecule has 0 saturated carbocycles. The number of carboxylic acids is 1. The number of amides is 1. The minimum atomic E-state index is -4.73. The van der Waals surface area contributed by atoms with Gasteiger partial charge in [0.25, 0.3) is 0 Å². The van der Waals surface area contributed by atoms with Gasteiger partial charge in [0.15, 0.2) is 6.04 Å². The number of nitrogens with one attached hydrogen (secondary N) is 1. The second-order valence-electron chi connectivity index (χ2n) is 11.0. The molecule has 0 aliphatic heterocycles. The van der Waals surface area contributed by atoms with Gasteiger partial charge < -0.3 is 25.2 Å². The number of rotatable bonds is 30. The van der Waals surface area contributed by atoms with E-state index in [1.165, 1.54) is 32.1 Å². The number of carbonyl (C=O) groups excluding carboxylic acids is 2. The van der Waals surface area contributed by atoms with E-state index in [0.717, 1.165) is 64.2 Å². The van der Waals surface area contributed by atoms with Crippen LogP contribution in [0.4, 0.5) is 0 Å². The Labute approximate surface area is 258 Å². The molecule has 4 N–H and O–H groups in total. The molecule has 0 aromatic heterocycles. The van der Waals surface area contributed by atoms with Crippen molar-refractivity contribution in [2.24, 2.45) is 0 Å². The normalized spacial score (nSPS) is 14.3. The fraction of sp³-hybridized carbons (Fsp3) is 0.839. The van der Waals surface area contributed by atoms with Gasteiger partial charge in [-0.3, -0.25) is 18.6 Å². The molecule has 1 amide bonds. The third kappa shape index (κ3) is 27.5. The van der Waals surface area contributed by atoms with Crippen LogP contribution >= 0.6 is 7.82 Å². The van der Waals surface area contributed by atoms with Crippen LogP contribution in [0.5, 0.6) is 0 Å². The maximum atomic E-state index is 12.1. The number of ether oxygens (including phenoxy) is 1. The van der Waals surface area contributed by atoms with Crippen molar-refractivity contribution < 1.29 is 47.8 Å². The maximum absolute atomic E-state index is 12.1. The molecule has 0 rings (SSSR count). The molecule has 0 aromatic rings. The topological polar surface area (TPSA) is 169 Å². The Morgan fingerprint density at radius 2 is 1.26 bits per heavy atom. The number of aliphatic hydroxyl groups excluding tert-OH is 1. The van der Waals surface area contributed by atoms with Gasteiger partial charge >= 0.3 is 19.8 Å². The summed E-state index contributed by atoms with van der Waals surface area (Å²) in [5.41, 5.74) is 0. The summed E-state index contributed by atoms with van der Waals surface area (Å²) in [7, 11) is -4.73. The van der Waals surface area contributed by atoms with Crippen molar-refractivity contribution in [2.75, 3.05) is 19.8 Å². The number of esters is 1. The molecule has 11 nitrogen and oxygen atoms in total. The SMILES string of the molecule is CCC/C=C\CCCCCCCC(=O)OCC(O)COP(=O)(O)OCC(NC(=O)CCCCCCCCCCC)C(=O)O. The van der Waals surface area contributed by atoms with Crippen LogP contribution in [0.25, 0.3) is 0 Å². The highest BCUT2D eigenvalue weighted by Crippen LogP contribution is 2.43. The molecule has 0 aliphatic rings. The van der Waals surface area contributed by atoms with E-state index in [1.807, 2.05) is 0 Å². The molecule has 0 aromatic carbocycles. The van der Waals surface area contributed by atoms with E-state index in [9.17, 15) is 34.1 Å². The molecule has 252 valence electrons. The van der Waals surface area contributed by atoms with Gasteiger partial charge in [-0.1, -0.05) is 103 Å². The Morgan fingerprint density at radius 1 is 0.721 bits per heavy atom. The minimum absolute atomic E-state index is 0.148. The zero-order chi connectivity index (χ0) is 32.2. The van der Waals surface area contributed by atoms with Crippen LogP contribution in [0.1, 0.15) is 136 Å². The predicted molar refractivity (Wildman–Crippen MR) is 166 cm³/mol. The standard InChI is InChI=1S/C31H58NO10P/c1-3-5-7-9-11-13-15-17-19-21-23-30(35)40-24-27(33)25-41-43(38,39)42-26-28(31(36)37)32-29(34)22-20-18-16-14-12-10-8-6-4-2/h7,9,27-28,33H,3-6,8,10-26H2,1-2H3,(H,32,34)(H,36,37)(H,38,39)/b9-7-. The molecule has 0 spiro atoms. The molecule has 3 atom stereocenters. The van der Waals surface area contributed by atoms with Crippen molar-refractivity contribution in [3.63, 3.8) is 0 Å². The smallest absolute Gasteiger partial charge is 0.472 e. The summed E-state index contributed by atoms with van der Waals surface area (Å²) >= 11 is 0. The van der Waals surface area contributed by atoms with Gasteiger partial charge in [0.2, 0.25) is 5.91 Å². The van der Waals surface area contributed by atoms with Crippen LogP contribution in [-0.2, 0) is 32.7 Å². The maximum Gasteiger partial charge on any atom is 0.472 e. The first kappa shape index (κ1) is 41.2. The number of carbonyl (C=O) groups is 3. The fourth-order valence-electron chi connectivity index (χ4n) is 4.20. The summed E-state index contributed by atoms with van der Waals surface area (Å²) in [5, 5.41) is 21.6. The molecular weight excluding hydrogens is 577 g/mol. The number of carboxylic acid groups (broad SMARTS) is 1. The molecule has 0 radical (unpaired) electrons. The average molecular weight is 636 g/mol. The van der Waals surface area contributed by atoms with E-state index in [4.69, 9.17) is 13.8 Å². The van der Waals surface area contributed by atoms with Crippen molar-refractivity contribution in [3.8, 4) is 0 Å². The van der Waals surface area contributed by atoms with Gasteiger partial charge in [-0.05, 0) is 32.1 Å². The zero-order valence-corrected chi connectivity index (χ0v) is 27.4. The van der Waals surface area contributed by atoms with Crippen LogP contribution in [0.15, 0.2) is 12.2 Å². The number of hydrogen-bond donors (Lipinski definition) is 4. The molecule has 0 bridgehead atoms.